The summed E-state index contributed by atoms with van der Waals surface area (Å²) in [4.78, 5) is 2.30. The van der Waals surface area contributed by atoms with Crippen LogP contribution in [-0.2, 0) is 10.2 Å². The zero-order valence-electron chi connectivity index (χ0n) is 14.2. The average molecular weight is 341 g/mol. The highest BCUT2D eigenvalue weighted by Crippen LogP contribution is 2.36. The number of likely N-dealkylation sites (tertiary alicyclic amines) is 1. The van der Waals surface area contributed by atoms with Crippen LogP contribution in [0.3, 0.4) is 0 Å². The minimum absolute atomic E-state index is 0.0690. The minimum Gasteiger partial charge on any atom is -0.465 e. The SMILES string of the molecule is CCN1CCC(N(C)S(=O)(=O)N2CCCC2c2ccc(C)o2)C1. The second-order valence-electron chi connectivity index (χ2n) is 6.58. The molecule has 2 fully saturated rings. The molecule has 0 bridgehead atoms. The van der Waals surface area contributed by atoms with Crippen molar-refractivity contribution >= 4 is 10.2 Å². The summed E-state index contributed by atoms with van der Waals surface area (Å²) >= 11 is 0. The van der Waals surface area contributed by atoms with Crippen molar-refractivity contribution in [1.82, 2.24) is 13.5 Å². The zero-order chi connectivity index (χ0) is 16.6. The molecule has 0 aliphatic carbocycles. The molecule has 7 heteroatoms. The Hall–Kier alpha value is -0.890. The molecule has 2 aliphatic heterocycles. The van der Waals surface area contributed by atoms with E-state index in [4.69, 9.17) is 4.42 Å². The van der Waals surface area contributed by atoms with Crippen molar-refractivity contribution in [3.8, 4) is 0 Å². The molecule has 23 heavy (non-hydrogen) atoms. The fourth-order valence-corrected chi connectivity index (χ4v) is 5.45. The first-order valence-electron chi connectivity index (χ1n) is 8.47. The van der Waals surface area contributed by atoms with E-state index >= 15 is 0 Å². The van der Waals surface area contributed by atoms with Gasteiger partial charge in [-0.3, -0.25) is 0 Å². The van der Waals surface area contributed by atoms with Gasteiger partial charge in [0.2, 0.25) is 0 Å². The Bertz CT molecular complexity index is 643. The summed E-state index contributed by atoms with van der Waals surface area (Å²) in [5.74, 6) is 1.59. The lowest BCUT2D eigenvalue weighted by atomic mass is 10.2. The van der Waals surface area contributed by atoms with E-state index in [-0.39, 0.29) is 12.1 Å². The highest BCUT2D eigenvalue weighted by atomic mass is 32.2. The molecule has 0 amide bonds. The number of likely N-dealkylation sites (N-methyl/N-ethyl adjacent to an activating group) is 2. The van der Waals surface area contributed by atoms with Gasteiger partial charge < -0.3 is 9.32 Å². The maximum absolute atomic E-state index is 13.1. The lowest BCUT2D eigenvalue weighted by molar-refractivity contribution is 0.278. The third-order valence-corrected chi connectivity index (χ3v) is 7.22. The van der Waals surface area contributed by atoms with Crippen LogP contribution < -0.4 is 0 Å². The maximum Gasteiger partial charge on any atom is 0.282 e. The first kappa shape index (κ1) is 17.0. The van der Waals surface area contributed by atoms with Gasteiger partial charge in [0.25, 0.3) is 10.2 Å². The molecule has 1 aromatic rings. The number of hydrogen-bond acceptors (Lipinski definition) is 4. The predicted octanol–water partition coefficient (Wildman–Crippen LogP) is 2.00. The first-order valence-corrected chi connectivity index (χ1v) is 9.86. The van der Waals surface area contributed by atoms with E-state index in [9.17, 15) is 8.42 Å². The summed E-state index contributed by atoms with van der Waals surface area (Å²) in [6.07, 6.45) is 2.61. The van der Waals surface area contributed by atoms with Crippen LogP contribution in [0.25, 0.3) is 0 Å². The molecule has 0 radical (unpaired) electrons. The second-order valence-corrected chi connectivity index (χ2v) is 8.52. The van der Waals surface area contributed by atoms with E-state index in [0.717, 1.165) is 50.4 Å². The highest BCUT2D eigenvalue weighted by Gasteiger charge is 2.42. The lowest BCUT2D eigenvalue weighted by Gasteiger charge is -2.31. The lowest BCUT2D eigenvalue weighted by Crippen LogP contribution is -2.47. The molecule has 0 aromatic carbocycles. The Morgan fingerprint density at radius 1 is 1.30 bits per heavy atom. The van der Waals surface area contributed by atoms with Gasteiger partial charge in [0.1, 0.15) is 11.5 Å². The third-order valence-electron chi connectivity index (χ3n) is 5.16. The molecule has 1 aromatic heterocycles. The summed E-state index contributed by atoms with van der Waals surface area (Å²) in [5.41, 5.74) is 0. The average Bonchev–Trinajstić information content (AvgIpc) is 3.25. The van der Waals surface area contributed by atoms with Crippen LogP contribution in [-0.4, -0.2) is 61.2 Å². The van der Waals surface area contributed by atoms with Crippen molar-refractivity contribution in [3.05, 3.63) is 23.7 Å². The highest BCUT2D eigenvalue weighted by molar-refractivity contribution is 7.86. The van der Waals surface area contributed by atoms with Crippen molar-refractivity contribution in [2.75, 3.05) is 33.2 Å². The van der Waals surface area contributed by atoms with Gasteiger partial charge in [-0.2, -0.15) is 17.0 Å². The van der Waals surface area contributed by atoms with Crippen LogP contribution in [0.15, 0.2) is 16.5 Å². The van der Waals surface area contributed by atoms with Crippen LogP contribution >= 0.6 is 0 Å². The Labute approximate surface area is 139 Å². The largest absolute Gasteiger partial charge is 0.465 e. The Kier molecular flexibility index (Phi) is 4.83. The zero-order valence-corrected chi connectivity index (χ0v) is 15.1. The standard InChI is InChI=1S/C16H27N3O3S/c1-4-18-11-9-14(12-18)17(3)23(20,21)19-10-5-6-15(19)16-8-7-13(2)22-16/h7-8,14-15H,4-6,9-12H2,1-3H3. The normalized spacial score (nSPS) is 27.3. The molecule has 0 saturated carbocycles. The number of furan rings is 1. The van der Waals surface area contributed by atoms with E-state index in [2.05, 4.69) is 11.8 Å². The van der Waals surface area contributed by atoms with E-state index in [1.165, 1.54) is 0 Å². The fourth-order valence-electron chi connectivity index (χ4n) is 3.68. The third kappa shape index (κ3) is 3.20. The number of rotatable bonds is 5. The summed E-state index contributed by atoms with van der Waals surface area (Å²) in [6.45, 7) is 7.35. The molecule has 3 rings (SSSR count). The van der Waals surface area contributed by atoms with Crippen molar-refractivity contribution in [1.29, 1.82) is 0 Å². The van der Waals surface area contributed by atoms with Gasteiger partial charge in [-0.1, -0.05) is 6.92 Å². The first-order chi connectivity index (χ1) is 10.9. The van der Waals surface area contributed by atoms with Crippen LogP contribution in [0.4, 0.5) is 0 Å². The summed E-state index contributed by atoms with van der Waals surface area (Å²) in [6, 6.07) is 3.71. The van der Waals surface area contributed by atoms with E-state index < -0.39 is 10.2 Å². The van der Waals surface area contributed by atoms with Gasteiger partial charge in [-0.05, 0) is 51.4 Å². The molecule has 130 valence electrons. The quantitative estimate of drug-likeness (QED) is 0.822. The summed E-state index contributed by atoms with van der Waals surface area (Å²) in [5, 5.41) is 0. The predicted molar refractivity (Wildman–Crippen MR) is 89.3 cm³/mol. The van der Waals surface area contributed by atoms with Crippen molar-refractivity contribution < 1.29 is 12.8 Å². The molecule has 2 atom stereocenters. The molecule has 6 nitrogen and oxygen atoms in total. The Morgan fingerprint density at radius 3 is 2.70 bits per heavy atom. The fraction of sp³-hybridized carbons (Fsp3) is 0.750. The molecular formula is C16H27N3O3S. The molecule has 2 saturated heterocycles. The van der Waals surface area contributed by atoms with E-state index in [1.807, 2.05) is 19.1 Å². The minimum atomic E-state index is -3.46. The molecule has 2 aliphatic rings. The van der Waals surface area contributed by atoms with Gasteiger partial charge in [0.05, 0.1) is 6.04 Å². The smallest absolute Gasteiger partial charge is 0.282 e. The van der Waals surface area contributed by atoms with Crippen molar-refractivity contribution in [3.63, 3.8) is 0 Å². The monoisotopic (exact) mass is 341 g/mol. The van der Waals surface area contributed by atoms with Crippen molar-refractivity contribution in [2.45, 2.75) is 45.2 Å². The van der Waals surface area contributed by atoms with Gasteiger partial charge >= 0.3 is 0 Å². The molecule has 2 unspecified atom stereocenters. The Morgan fingerprint density at radius 2 is 2.09 bits per heavy atom. The molecule has 0 spiro atoms. The van der Waals surface area contributed by atoms with E-state index in [1.54, 1.807) is 15.7 Å². The number of hydrogen-bond donors (Lipinski definition) is 0. The van der Waals surface area contributed by atoms with Gasteiger partial charge in [-0.15, -0.1) is 0 Å². The Balaban J connectivity index is 1.78. The number of nitrogens with zero attached hydrogens (tertiary/aromatic N) is 3. The second kappa shape index (κ2) is 6.55. The summed E-state index contributed by atoms with van der Waals surface area (Å²) < 4.78 is 35.1. The van der Waals surface area contributed by atoms with Crippen LogP contribution in [0, 0.1) is 6.92 Å². The van der Waals surface area contributed by atoms with E-state index in [0.29, 0.717) is 6.54 Å². The van der Waals surface area contributed by atoms with Crippen molar-refractivity contribution in [2.24, 2.45) is 0 Å². The molecule has 0 N–H and O–H groups in total. The van der Waals surface area contributed by atoms with Crippen LogP contribution in [0.1, 0.15) is 43.7 Å². The molecule has 3 heterocycles. The van der Waals surface area contributed by atoms with Gasteiger partial charge in [0.15, 0.2) is 0 Å². The summed E-state index contributed by atoms with van der Waals surface area (Å²) in [7, 11) is -1.74. The molecular weight excluding hydrogens is 314 g/mol. The van der Waals surface area contributed by atoms with Gasteiger partial charge in [-0.25, -0.2) is 0 Å². The maximum atomic E-state index is 13.1. The van der Waals surface area contributed by atoms with Crippen LogP contribution in [0.2, 0.25) is 0 Å². The van der Waals surface area contributed by atoms with Crippen LogP contribution in [0.5, 0.6) is 0 Å². The number of aryl methyl sites for hydroxylation is 1. The van der Waals surface area contributed by atoms with Gasteiger partial charge in [0, 0.05) is 26.2 Å². The topological polar surface area (TPSA) is 57.0 Å².